The van der Waals surface area contributed by atoms with Crippen molar-refractivity contribution in [2.75, 3.05) is 22.4 Å². The van der Waals surface area contributed by atoms with Gasteiger partial charge in [-0.05, 0) is 41.3 Å². The predicted octanol–water partition coefficient (Wildman–Crippen LogP) is 5.38. The van der Waals surface area contributed by atoms with Gasteiger partial charge in [0.05, 0.1) is 11.9 Å². The molecule has 0 aliphatic rings. The van der Waals surface area contributed by atoms with Crippen LogP contribution in [0.3, 0.4) is 0 Å². The van der Waals surface area contributed by atoms with Crippen molar-refractivity contribution in [1.82, 2.24) is 0 Å². The number of halogens is 1. The number of carbonyl (C=O) groups excluding carboxylic acids is 2. The Balaban J connectivity index is 1.76. The maximum Gasteiger partial charge on any atom is 0.245 e. The van der Waals surface area contributed by atoms with Gasteiger partial charge < -0.3 is 5.32 Å². The van der Waals surface area contributed by atoms with Crippen LogP contribution >= 0.6 is 15.9 Å². The molecule has 34 heavy (non-hydrogen) atoms. The molecule has 6 nitrogen and oxygen atoms in total. The number of amides is 1. The van der Waals surface area contributed by atoms with Crippen LogP contribution < -0.4 is 9.62 Å². The van der Waals surface area contributed by atoms with Crippen molar-refractivity contribution in [2.24, 2.45) is 0 Å². The Morgan fingerprint density at radius 2 is 1.56 bits per heavy atom. The number of hydrogen-bond acceptors (Lipinski definition) is 4. The van der Waals surface area contributed by atoms with Crippen molar-refractivity contribution >= 4 is 49.0 Å². The van der Waals surface area contributed by atoms with E-state index in [0.717, 1.165) is 16.1 Å². The van der Waals surface area contributed by atoms with E-state index in [-0.39, 0.29) is 11.2 Å². The molecule has 1 amide bonds. The van der Waals surface area contributed by atoms with Crippen molar-refractivity contribution in [3.05, 3.63) is 94.0 Å². The van der Waals surface area contributed by atoms with E-state index >= 15 is 0 Å². The highest BCUT2D eigenvalue weighted by Crippen LogP contribution is 2.24. The van der Waals surface area contributed by atoms with Gasteiger partial charge in [-0.2, -0.15) is 0 Å². The summed E-state index contributed by atoms with van der Waals surface area (Å²) in [6.45, 7) is 5.92. The van der Waals surface area contributed by atoms with Crippen LogP contribution in [0.25, 0.3) is 0 Å². The molecular formula is C26H27BrN2O4S. The highest BCUT2D eigenvalue weighted by molar-refractivity contribution is 9.10. The number of ketones is 1. The van der Waals surface area contributed by atoms with E-state index in [2.05, 4.69) is 42.0 Å². The first-order valence-corrected chi connectivity index (χ1v) is 13.3. The van der Waals surface area contributed by atoms with Gasteiger partial charge in [0.2, 0.25) is 15.9 Å². The van der Waals surface area contributed by atoms with Crippen LogP contribution in [0.4, 0.5) is 11.4 Å². The molecule has 3 aromatic carbocycles. The van der Waals surface area contributed by atoms with Crippen LogP contribution in [0.2, 0.25) is 0 Å². The van der Waals surface area contributed by atoms with Crippen LogP contribution in [0, 0.1) is 0 Å². The molecule has 0 saturated heterocycles. The molecule has 3 aromatic rings. The average Bonchev–Trinajstić information content (AvgIpc) is 2.76. The van der Waals surface area contributed by atoms with Crippen molar-refractivity contribution in [3.8, 4) is 0 Å². The van der Waals surface area contributed by atoms with Gasteiger partial charge in [-0.15, -0.1) is 0 Å². The number of rotatable bonds is 7. The monoisotopic (exact) mass is 542 g/mol. The second-order valence-electron chi connectivity index (χ2n) is 9.03. The Morgan fingerprint density at radius 3 is 2.15 bits per heavy atom. The first-order chi connectivity index (χ1) is 15.8. The molecule has 0 radical (unpaired) electrons. The Hall–Kier alpha value is -2.97. The zero-order valence-corrected chi connectivity index (χ0v) is 21.9. The lowest BCUT2D eigenvalue weighted by molar-refractivity contribution is -0.114. The molecular weight excluding hydrogens is 516 g/mol. The fourth-order valence-corrected chi connectivity index (χ4v) is 4.62. The molecule has 0 spiro atoms. The molecule has 3 rings (SSSR count). The summed E-state index contributed by atoms with van der Waals surface area (Å²) in [6, 6.07) is 20.8. The van der Waals surface area contributed by atoms with Crippen molar-refractivity contribution in [1.29, 1.82) is 0 Å². The van der Waals surface area contributed by atoms with Gasteiger partial charge in [-0.25, -0.2) is 8.42 Å². The van der Waals surface area contributed by atoms with Crippen LogP contribution in [-0.2, 0) is 20.2 Å². The lowest BCUT2D eigenvalue weighted by atomic mass is 9.86. The second kappa shape index (κ2) is 10.1. The van der Waals surface area contributed by atoms with Gasteiger partial charge >= 0.3 is 0 Å². The van der Waals surface area contributed by atoms with E-state index in [4.69, 9.17) is 0 Å². The summed E-state index contributed by atoms with van der Waals surface area (Å²) in [5, 5.41) is 2.70. The Bertz CT molecular complexity index is 1310. The van der Waals surface area contributed by atoms with E-state index in [1.165, 1.54) is 0 Å². The smallest absolute Gasteiger partial charge is 0.245 e. The largest absolute Gasteiger partial charge is 0.324 e. The molecule has 0 atom stereocenters. The average molecular weight is 543 g/mol. The lowest BCUT2D eigenvalue weighted by Crippen LogP contribution is -2.37. The number of benzene rings is 3. The highest BCUT2D eigenvalue weighted by atomic mass is 79.9. The Labute approximate surface area is 209 Å². The number of hydrogen-bond donors (Lipinski definition) is 1. The fraction of sp³-hybridized carbons (Fsp3) is 0.231. The molecule has 0 aliphatic heterocycles. The third-order valence-electron chi connectivity index (χ3n) is 5.21. The van der Waals surface area contributed by atoms with Crippen LogP contribution in [0.15, 0.2) is 77.3 Å². The minimum atomic E-state index is -3.70. The standard InChI is InChI=1S/C26H27BrN2O4S/c1-26(2,3)20-13-11-18(12-14-20)25(31)19-7-5-9-22(15-19)28-24(30)17-29(34(4,32)33)23-10-6-8-21(27)16-23/h5-16H,17H2,1-4H3,(H,28,30). The lowest BCUT2D eigenvalue weighted by Gasteiger charge is -2.22. The molecule has 1 N–H and O–H groups in total. The zero-order valence-electron chi connectivity index (χ0n) is 19.5. The summed E-state index contributed by atoms with van der Waals surface area (Å²) in [4.78, 5) is 25.7. The molecule has 0 fully saturated rings. The Kier molecular flexibility index (Phi) is 7.63. The van der Waals surface area contributed by atoms with E-state index in [1.807, 2.05) is 12.1 Å². The summed E-state index contributed by atoms with van der Waals surface area (Å²) in [6.07, 6.45) is 1.05. The number of carbonyl (C=O) groups is 2. The Morgan fingerprint density at radius 1 is 0.912 bits per heavy atom. The van der Waals surface area contributed by atoms with E-state index in [9.17, 15) is 18.0 Å². The molecule has 0 heterocycles. The summed E-state index contributed by atoms with van der Waals surface area (Å²) >= 11 is 3.32. The fourth-order valence-electron chi connectivity index (χ4n) is 3.39. The number of nitrogens with one attached hydrogen (secondary N) is 1. The maximum atomic E-state index is 13.0. The molecule has 0 aromatic heterocycles. The molecule has 0 unspecified atom stereocenters. The summed E-state index contributed by atoms with van der Waals surface area (Å²) in [5.41, 5.74) is 2.87. The van der Waals surface area contributed by atoms with E-state index in [1.54, 1.807) is 60.7 Å². The summed E-state index contributed by atoms with van der Waals surface area (Å²) in [5.74, 6) is -0.687. The van der Waals surface area contributed by atoms with Gasteiger partial charge in [-0.1, -0.05) is 79.2 Å². The van der Waals surface area contributed by atoms with Crippen molar-refractivity contribution < 1.29 is 18.0 Å². The van der Waals surface area contributed by atoms with Crippen LogP contribution in [0.5, 0.6) is 0 Å². The first-order valence-electron chi connectivity index (χ1n) is 10.6. The van der Waals surface area contributed by atoms with E-state index < -0.39 is 22.5 Å². The molecule has 8 heteroatoms. The first kappa shape index (κ1) is 25.6. The van der Waals surface area contributed by atoms with Gasteiger partial charge in [0.15, 0.2) is 5.78 Å². The highest BCUT2D eigenvalue weighted by Gasteiger charge is 2.21. The molecule has 178 valence electrons. The molecule has 0 aliphatic carbocycles. The summed E-state index contributed by atoms with van der Waals surface area (Å²) < 4.78 is 26.3. The van der Waals surface area contributed by atoms with Crippen LogP contribution in [-0.4, -0.2) is 32.9 Å². The van der Waals surface area contributed by atoms with Crippen molar-refractivity contribution in [3.63, 3.8) is 0 Å². The summed E-state index contributed by atoms with van der Waals surface area (Å²) in [7, 11) is -3.70. The zero-order chi connectivity index (χ0) is 25.1. The SMILES string of the molecule is CC(C)(C)c1ccc(C(=O)c2cccc(NC(=O)CN(c3cccc(Br)c3)S(C)(=O)=O)c2)cc1. The topological polar surface area (TPSA) is 83.6 Å². The number of anilines is 2. The normalized spacial score (nSPS) is 11.7. The second-order valence-corrected chi connectivity index (χ2v) is 11.9. The van der Waals surface area contributed by atoms with Crippen LogP contribution in [0.1, 0.15) is 42.3 Å². The van der Waals surface area contributed by atoms with Gasteiger partial charge in [-0.3, -0.25) is 13.9 Å². The third kappa shape index (κ3) is 6.55. The number of sulfonamides is 1. The van der Waals surface area contributed by atoms with Gasteiger partial charge in [0.1, 0.15) is 6.54 Å². The van der Waals surface area contributed by atoms with Gasteiger partial charge in [0.25, 0.3) is 0 Å². The molecule has 0 saturated carbocycles. The quantitative estimate of drug-likeness (QED) is 0.406. The molecule has 0 bridgehead atoms. The van der Waals surface area contributed by atoms with Gasteiger partial charge in [0, 0.05) is 21.3 Å². The maximum absolute atomic E-state index is 13.0. The van der Waals surface area contributed by atoms with E-state index in [0.29, 0.717) is 27.0 Å². The third-order valence-corrected chi connectivity index (χ3v) is 6.84. The predicted molar refractivity (Wildman–Crippen MR) is 140 cm³/mol. The number of nitrogens with zero attached hydrogens (tertiary/aromatic N) is 1. The minimum Gasteiger partial charge on any atom is -0.324 e. The minimum absolute atomic E-state index is 0.0124. The van der Waals surface area contributed by atoms with Crippen molar-refractivity contribution in [2.45, 2.75) is 26.2 Å².